The molecular formula is C15H18N4O2S. The number of rotatable bonds is 6. The van der Waals surface area contributed by atoms with E-state index in [1.807, 2.05) is 6.07 Å². The minimum atomic E-state index is -0.192. The van der Waals surface area contributed by atoms with Crippen molar-refractivity contribution in [2.45, 2.75) is 38.1 Å². The maximum absolute atomic E-state index is 12.1. The first-order valence-corrected chi connectivity index (χ1v) is 8.50. The molecule has 4 rings (SSSR count). The van der Waals surface area contributed by atoms with Crippen molar-refractivity contribution >= 4 is 23.3 Å². The van der Waals surface area contributed by atoms with Crippen molar-refractivity contribution < 1.29 is 9.21 Å². The zero-order valence-corrected chi connectivity index (χ0v) is 13.2. The summed E-state index contributed by atoms with van der Waals surface area (Å²) in [4.78, 5) is 12.8. The third-order valence-corrected chi connectivity index (χ3v) is 5.12. The molecule has 2 aromatic rings. The molecule has 22 heavy (non-hydrogen) atoms. The minimum absolute atomic E-state index is 0.146. The first-order chi connectivity index (χ1) is 10.7. The lowest BCUT2D eigenvalue weighted by molar-refractivity contribution is 0.102. The van der Waals surface area contributed by atoms with Crippen molar-refractivity contribution in [1.29, 1.82) is 0 Å². The van der Waals surface area contributed by atoms with Crippen LogP contribution in [0.25, 0.3) is 0 Å². The van der Waals surface area contributed by atoms with E-state index < -0.39 is 0 Å². The summed E-state index contributed by atoms with van der Waals surface area (Å²) in [6, 6.07) is 2.71. The Morgan fingerprint density at radius 3 is 3.05 bits per heavy atom. The van der Waals surface area contributed by atoms with Gasteiger partial charge in [-0.2, -0.15) is 0 Å². The van der Waals surface area contributed by atoms with Gasteiger partial charge in [-0.3, -0.25) is 10.1 Å². The molecule has 2 fully saturated rings. The molecule has 2 unspecified atom stereocenters. The fourth-order valence-corrected chi connectivity index (χ4v) is 3.47. The largest absolute Gasteiger partial charge is 0.408 e. The van der Waals surface area contributed by atoms with Crippen LogP contribution in [0.15, 0.2) is 15.9 Å². The van der Waals surface area contributed by atoms with E-state index in [1.54, 1.807) is 6.92 Å². The van der Waals surface area contributed by atoms with Gasteiger partial charge < -0.3 is 9.73 Å². The normalized spacial score (nSPS) is 23.5. The third kappa shape index (κ3) is 3.05. The van der Waals surface area contributed by atoms with Crippen LogP contribution in [0.5, 0.6) is 0 Å². The Hall–Kier alpha value is -1.73. The summed E-state index contributed by atoms with van der Waals surface area (Å²) in [5, 5.41) is 15.8. The Labute approximate surface area is 132 Å². The first kappa shape index (κ1) is 13.9. The maximum atomic E-state index is 12.1. The number of thiophene rings is 1. The summed E-state index contributed by atoms with van der Waals surface area (Å²) < 4.78 is 5.16. The molecule has 7 heteroatoms. The average molecular weight is 318 g/mol. The Morgan fingerprint density at radius 1 is 1.45 bits per heavy atom. The summed E-state index contributed by atoms with van der Waals surface area (Å²) in [5.74, 6) is 1.71. The molecule has 0 aliphatic heterocycles. The van der Waals surface area contributed by atoms with Gasteiger partial charge in [0, 0.05) is 18.9 Å². The molecule has 2 aliphatic rings. The molecule has 0 spiro atoms. The molecule has 2 atom stereocenters. The van der Waals surface area contributed by atoms with Crippen LogP contribution in [-0.2, 0) is 0 Å². The highest BCUT2D eigenvalue weighted by molar-refractivity contribution is 7.12. The highest BCUT2D eigenvalue weighted by Crippen LogP contribution is 2.43. The lowest BCUT2D eigenvalue weighted by Gasteiger charge is -2.01. The average Bonchev–Trinajstić information content (AvgIpc) is 3.38. The van der Waals surface area contributed by atoms with Gasteiger partial charge in [0.15, 0.2) is 0 Å². The molecule has 0 aromatic carbocycles. The van der Waals surface area contributed by atoms with Gasteiger partial charge in [-0.05, 0) is 48.7 Å². The summed E-state index contributed by atoms with van der Waals surface area (Å²) >= 11 is 1.46. The fourth-order valence-electron chi connectivity index (χ4n) is 2.60. The van der Waals surface area contributed by atoms with Gasteiger partial charge >= 0.3 is 6.01 Å². The van der Waals surface area contributed by atoms with Crippen molar-refractivity contribution in [3.8, 4) is 0 Å². The van der Waals surface area contributed by atoms with Crippen LogP contribution in [0, 0.1) is 12.8 Å². The van der Waals surface area contributed by atoms with Crippen LogP contribution in [0.3, 0.4) is 0 Å². The molecule has 2 saturated carbocycles. The van der Waals surface area contributed by atoms with E-state index in [9.17, 15) is 4.79 Å². The van der Waals surface area contributed by atoms with Gasteiger partial charge in [0.05, 0.1) is 4.88 Å². The summed E-state index contributed by atoms with van der Waals surface area (Å²) in [7, 11) is 0. The molecule has 1 amide bonds. The third-order valence-electron chi connectivity index (χ3n) is 4.17. The van der Waals surface area contributed by atoms with Crippen molar-refractivity contribution in [2.24, 2.45) is 5.92 Å². The summed E-state index contributed by atoms with van der Waals surface area (Å²) in [6.45, 7) is 2.84. The van der Waals surface area contributed by atoms with E-state index >= 15 is 0 Å². The van der Waals surface area contributed by atoms with E-state index in [2.05, 4.69) is 26.2 Å². The number of nitrogens with one attached hydrogen (secondary N) is 2. The first-order valence-electron chi connectivity index (χ1n) is 7.62. The zero-order valence-electron chi connectivity index (χ0n) is 12.3. The maximum Gasteiger partial charge on any atom is 0.322 e. The molecule has 0 saturated heterocycles. The second kappa shape index (κ2) is 5.48. The number of nitrogens with zero attached hydrogens (tertiary/aromatic N) is 2. The lowest BCUT2D eigenvalue weighted by Crippen LogP contribution is -2.20. The molecule has 2 heterocycles. The summed E-state index contributed by atoms with van der Waals surface area (Å²) in [5.41, 5.74) is 1.25. The van der Waals surface area contributed by atoms with Crippen LogP contribution >= 0.6 is 11.3 Å². The number of aromatic nitrogens is 2. The van der Waals surface area contributed by atoms with Crippen LogP contribution < -0.4 is 10.6 Å². The SMILES string of the molecule is Cc1nnc(NC(=O)c2cc(C3CC3NCC3CC3)cs2)o1. The molecule has 2 N–H and O–H groups in total. The highest BCUT2D eigenvalue weighted by atomic mass is 32.1. The van der Waals surface area contributed by atoms with Gasteiger partial charge in [0.25, 0.3) is 5.91 Å². The van der Waals surface area contributed by atoms with Crippen LogP contribution in [0.2, 0.25) is 0 Å². The Balaban J connectivity index is 1.34. The lowest BCUT2D eigenvalue weighted by atomic mass is 10.2. The van der Waals surface area contributed by atoms with E-state index in [1.165, 1.54) is 36.2 Å². The highest BCUT2D eigenvalue weighted by Gasteiger charge is 2.39. The second-order valence-electron chi connectivity index (χ2n) is 6.12. The van der Waals surface area contributed by atoms with Crippen molar-refractivity contribution in [2.75, 3.05) is 11.9 Å². The number of carbonyl (C=O) groups excluding carboxylic acids is 1. The quantitative estimate of drug-likeness (QED) is 0.855. The number of hydrogen-bond donors (Lipinski definition) is 2. The molecular weight excluding hydrogens is 300 g/mol. The number of anilines is 1. The smallest absolute Gasteiger partial charge is 0.322 e. The van der Waals surface area contributed by atoms with Crippen molar-refractivity contribution in [1.82, 2.24) is 15.5 Å². The predicted octanol–water partition coefficient (Wildman–Crippen LogP) is 2.55. The van der Waals surface area contributed by atoms with E-state index in [4.69, 9.17) is 4.42 Å². The number of carbonyl (C=O) groups is 1. The molecule has 0 bridgehead atoms. The Bertz CT molecular complexity index is 691. The topological polar surface area (TPSA) is 80.0 Å². The van der Waals surface area contributed by atoms with Crippen molar-refractivity contribution in [3.05, 3.63) is 27.8 Å². The van der Waals surface area contributed by atoms with Crippen LogP contribution in [0.1, 0.15) is 46.3 Å². The van der Waals surface area contributed by atoms with Gasteiger partial charge in [0.2, 0.25) is 5.89 Å². The monoisotopic (exact) mass is 318 g/mol. The minimum Gasteiger partial charge on any atom is -0.408 e. The molecule has 2 aliphatic carbocycles. The number of aryl methyl sites for hydroxylation is 1. The predicted molar refractivity (Wildman–Crippen MR) is 83.2 cm³/mol. The Morgan fingerprint density at radius 2 is 2.32 bits per heavy atom. The van der Waals surface area contributed by atoms with E-state index in [0.29, 0.717) is 22.7 Å². The van der Waals surface area contributed by atoms with E-state index in [-0.39, 0.29) is 11.9 Å². The fraction of sp³-hybridized carbons (Fsp3) is 0.533. The molecule has 116 valence electrons. The molecule has 0 radical (unpaired) electrons. The zero-order chi connectivity index (χ0) is 15.1. The van der Waals surface area contributed by atoms with Crippen LogP contribution in [-0.4, -0.2) is 28.7 Å². The van der Waals surface area contributed by atoms with Gasteiger partial charge in [-0.1, -0.05) is 5.10 Å². The van der Waals surface area contributed by atoms with Gasteiger partial charge in [0.1, 0.15) is 0 Å². The van der Waals surface area contributed by atoms with Gasteiger partial charge in [-0.25, -0.2) is 0 Å². The molecule has 2 aromatic heterocycles. The number of hydrogen-bond acceptors (Lipinski definition) is 6. The van der Waals surface area contributed by atoms with Crippen LogP contribution in [0.4, 0.5) is 6.01 Å². The van der Waals surface area contributed by atoms with Gasteiger partial charge in [-0.15, -0.1) is 16.4 Å². The van der Waals surface area contributed by atoms with E-state index in [0.717, 1.165) is 12.5 Å². The number of amides is 1. The standard InChI is InChI=1S/C15H18N4O2S/c1-8-18-19-15(21-8)17-14(20)13-4-10(7-22-13)11-5-12(11)16-6-9-2-3-9/h4,7,9,11-12,16H,2-3,5-6H2,1H3,(H,17,19,20). The summed E-state index contributed by atoms with van der Waals surface area (Å²) in [6.07, 6.45) is 3.93. The molecule has 6 nitrogen and oxygen atoms in total. The van der Waals surface area contributed by atoms with Crippen molar-refractivity contribution in [3.63, 3.8) is 0 Å². The second-order valence-corrected chi connectivity index (χ2v) is 7.04. The Kier molecular flexibility index (Phi) is 3.46.